The Bertz CT molecular complexity index is 1050. The van der Waals surface area contributed by atoms with Gasteiger partial charge in [0.2, 0.25) is 10.0 Å². The van der Waals surface area contributed by atoms with Crippen LogP contribution in [0.15, 0.2) is 57.7 Å². The fourth-order valence-electron chi connectivity index (χ4n) is 2.49. The van der Waals surface area contributed by atoms with Crippen molar-refractivity contribution in [3.05, 3.63) is 64.3 Å². The Morgan fingerprint density at radius 3 is 2.42 bits per heavy atom. The van der Waals surface area contributed by atoms with E-state index in [1.165, 1.54) is 0 Å². The van der Waals surface area contributed by atoms with Crippen LogP contribution >= 0.6 is 0 Å². The molecule has 0 aliphatic heterocycles. The van der Waals surface area contributed by atoms with Crippen LogP contribution in [-0.4, -0.2) is 14.2 Å². The average Bonchev–Trinajstić information content (AvgIpc) is 2.59. The molecule has 2 aromatic carbocycles. The maximum absolute atomic E-state index is 12.7. The molecule has 1 aromatic heterocycles. The Morgan fingerprint density at radius 1 is 1.04 bits per heavy atom. The van der Waals surface area contributed by atoms with Crippen LogP contribution in [0.2, 0.25) is 0 Å². The Hall–Kier alpha value is -2.60. The topological polar surface area (TPSA) is 76.4 Å². The second-order valence-corrected chi connectivity index (χ2v) is 7.45. The summed E-state index contributed by atoms with van der Waals surface area (Å²) in [6.45, 7) is 3.25. The number of sulfonamides is 1. The maximum atomic E-state index is 12.7. The van der Waals surface area contributed by atoms with Gasteiger partial charge in [-0.25, -0.2) is 8.42 Å². The molecule has 3 rings (SSSR count). The average molecular weight is 343 g/mol. The summed E-state index contributed by atoms with van der Waals surface area (Å²) in [4.78, 5) is 12.7. The minimum Gasteiger partial charge on any atom is -0.453 e. The van der Waals surface area contributed by atoms with Crippen LogP contribution < -0.4 is 10.2 Å². The van der Waals surface area contributed by atoms with Gasteiger partial charge in [-0.05, 0) is 26.0 Å². The highest BCUT2D eigenvalue weighted by atomic mass is 32.2. The van der Waals surface area contributed by atoms with Gasteiger partial charge in [-0.2, -0.15) is 0 Å². The second kappa shape index (κ2) is 6.13. The predicted octanol–water partition coefficient (Wildman–Crippen LogP) is 3.53. The smallest absolute Gasteiger partial charge is 0.232 e. The van der Waals surface area contributed by atoms with Crippen molar-refractivity contribution in [2.24, 2.45) is 0 Å². The van der Waals surface area contributed by atoms with Gasteiger partial charge in [0.25, 0.3) is 0 Å². The van der Waals surface area contributed by atoms with Crippen LogP contribution in [0.5, 0.6) is 0 Å². The molecule has 0 saturated heterocycles. The van der Waals surface area contributed by atoms with Crippen molar-refractivity contribution in [1.29, 1.82) is 0 Å². The number of para-hydroxylation sites is 1. The summed E-state index contributed by atoms with van der Waals surface area (Å²) in [7, 11) is -3.48. The molecule has 0 spiro atoms. The van der Waals surface area contributed by atoms with E-state index in [1.54, 1.807) is 32.0 Å². The van der Waals surface area contributed by atoms with Crippen molar-refractivity contribution < 1.29 is 12.8 Å². The summed E-state index contributed by atoms with van der Waals surface area (Å²) in [5.41, 5.74) is 1.59. The van der Waals surface area contributed by atoms with Gasteiger partial charge in [0.15, 0.2) is 11.0 Å². The Morgan fingerprint density at radius 2 is 1.75 bits per heavy atom. The van der Waals surface area contributed by atoms with Crippen LogP contribution in [-0.2, 0) is 10.0 Å². The zero-order chi connectivity index (χ0) is 17.3. The van der Waals surface area contributed by atoms with E-state index in [-0.39, 0.29) is 22.5 Å². The first-order valence-corrected chi connectivity index (χ1v) is 9.20. The third kappa shape index (κ3) is 2.92. The first-order valence-electron chi connectivity index (χ1n) is 7.55. The minimum absolute atomic E-state index is 0.0645. The van der Waals surface area contributed by atoms with E-state index in [2.05, 4.69) is 4.72 Å². The summed E-state index contributed by atoms with van der Waals surface area (Å²) >= 11 is 0. The normalized spacial score (nSPS) is 11.6. The van der Waals surface area contributed by atoms with Crippen molar-refractivity contribution in [2.75, 3.05) is 10.5 Å². The fraction of sp³-hybridized carbons (Fsp3) is 0.167. The fourth-order valence-corrected chi connectivity index (χ4v) is 3.13. The van der Waals surface area contributed by atoms with E-state index in [0.717, 1.165) is 5.56 Å². The van der Waals surface area contributed by atoms with E-state index in [9.17, 15) is 13.2 Å². The summed E-state index contributed by atoms with van der Waals surface area (Å²) in [6.07, 6.45) is 0. The number of anilines is 1. The van der Waals surface area contributed by atoms with Crippen LogP contribution in [0.1, 0.15) is 12.5 Å². The number of hydrogen-bond donors (Lipinski definition) is 1. The zero-order valence-electron chi connectivity index (χ0n) is 13.4. The van der Waals surface area contributed by atoms with E-state index in [1.807, 2.05) is 30.3 Å². The lowest BCUT2D eigenvalue weighted by Crippen LogP contribution is -2.16. The van der Waals surface area contributed by atoms with Gasteiger partial charge in [0, 0.05) is 11.1 Å². The standard InChI is InChI=1S/C18H17NO4S/c1-3-24(21,22)19-15-11-7-10-14-16(20)12(2)17(23-18(14)15)13-8-5-4-6-9-13/h4-11,19H,3H2,1-2H3. The van der Waals surface area contributed by atoms with Gasteiger partial charge in [0.05, 0.1) is 16.8 Å². The molecule has 0 bridgehead atoms. The van der Waals surface area contributed by atoms with Crippen molar-refractivity contribution in [2.45, 2.75) is 13.8 Å². The molecular weight excluding hydrogens is 326 g/mol. The molecule has 0 unspecified atom stereocenters. The second-order valence-electron chi connectivity index (χ2n) is 5.44. The Labute approximate surface area is 140 Å². The maximum Gasteiger partial charge on any atom is 0.232 e. The molecule has 0 aliphatic rings. The summed E-state index contributed by atoms with van der Waals surface area (Å²) in [5, 5.41) is 0.350. The zero-order valence-corrected chi connectivity index (χ0v) is 14.2. The molecular formula is C18H17NO4S. The first-order chi connectivity index (χ1) is 11.4. The summed E-state index contributed by atoms with van der Waals surface area (Å²) in [5.74, 6) is 0.377. The molecule has 0 fully saturated rings. The molecule has 24 heavy (non-hydrogen) atoms. The van der Waals surface area contributed by atoms with Gasteiger partial charge >= 0.3 is 0 Å². The van der Waals surface area contributed by atoms with Gasteiger partial charge in [-0.15, -0.1) is 0 Å². The van der Waals surface area contributed by atoms with Crippen molar-refractivity contribution in [3.8, 4) is 11.3 Å². The van der Waals surface area contributed by atoms with E-state index < -0.39 is 10.0 Å². The number of nitrogens with one attached hydrogen (secondary N) is 1. The van der Waals surface area contributed by atoms with Crippen LogP contribution in [0.3, 0.4) is 0 Å². The Kier molecular flexibility index (Phi) is 4.15. The van der Waals surface area contributed by atoms with Crippen molar-refractivity contribution in [1.82, 2.24) is 0 Å². The van der Waals surface area contributed by atoms with E-state index >= 15 is 0 Å². The predicted molar refractivity (Wildman–Crippen MR) is 95.7 cm³/mol. The van der Waals surface area contributed by atoms with E-state index in [0.29, 0.717) is 16.7 Å². The van der Waals surface area contributed by atoms with E-state index in [4.69, 9.17) is 4.42 Å². The van der Waals surface area contributed by atoms with Crippen LogP contribution in [0.25, 0.3) is 22.3 Å². The monoisotopic (exact) mass is 343 g/mol. The molecule has 0 radical (unpaired) electrons. The first kappa shape index (κ1) is 16.3. The number of rotatable bonds is 4. The molecule has 6 heteroatoms. The third-order valence-electron chi connectivity index (χ3n) is 3.83. The highest BCUT2D eigenvalue weighted by molar-refractivity contribution is 7.92. The van der Waals surface area contributed by atoms with Gasteiger partial charge in [-0.3, -0.25) is 9.52 Å². The molecule has 0 aliphatic carbocycles. The van der Waals surface area contributed by atoms with Crippen molar-refractivity contribution in [3.63, 3.8) is 0 Å². The molecule has 0 saturated carbocycles. The highest BCUT2D eigenvalue weighted by Crippen LogP contribution is 2.29. The highest BCUT2D eigenvalue weighted by Gasteiger charge is 2.17. The molecule has 1 heterocycles. The molecule has 0 amide bonds. The summed E-state index contributed by atoms with van der Waals surface area (Å²) in [6, 6.07) is 14.1. The van der Waals surface area contributed by atoms with Gasteiger partial charge in [0.1, 0.15) is 5.76 Å². The lowest BCUT2D eigenvalue weighted by Gasteiger charge is -2.11. The number of benzene rings is 2. The molecule has 0 atom stereocenters. The number of hydrogen-bond acceptors (Lipinski definition) is 4. The molecule has 124 valence electrons. The summed E-state index contributed by atoms with van der Waals surface area (Å²) < 4.78 is 32.2. The largest absolute Gasteiger partial charge is 0.453 e. The lowest BCUT2D eigenvalue weighted by molar-refractivity contribution is 0.600. The quantitative estimate of drug-likeness (QED) is 0.786. The van der Waals surface area contributed by atoms with Crippen molar-refractivity contribution >= 4 is 26.7 Å². The van der Waals surface area contributed by atoms with Crippen LogP contribution in [0, 0.1) is 6.92 Å². The minimum atomic E-state index is -3.48. The molecule has 3 aromatic rings. The lowest BCUT2D eigenvalue weighted by atomic mass is 10.1. The van der Waals surface area contributed by atoms with Gasteiger partial charge in [-0.1, -0.05) is 36.4 Å². The Balaban J connectivity index is 2.31. The van der Waals surface area contributed by atoms with Gasteiger partial charge < -0.3 is 4.42 Å². The molecule has 1 N–H and O–H groups in total. The molecule has 5 nitrogen and oxygen atoms in total. The van der Waals surface area contributed by atoms with Crippen LogP contribution in [0.4, 0.5) is 5.69 Å². The third-order valence-corrected chi connectivity index (χ3v) is 5.12. The number of fused-ring (bicyclic) bond motifs is 1. The SMILES string of the molecule is CCS(=O)(=O)Nc1cccc2c(=O)c(C)c(-c3ccccc3)oc12.